The molecule has 1 N–H and O–H groups in total. The lowest BCUT2D eigenvalue weighted by molar-refractivity contribution is 0.350. The predicted molar refractivity (Wildman–Crippen MR) is 69.7 cm³/mol. The molecular formula is C14H17F5N2. The number of hydrogen-bond acceptors (Lipinski definition) is 2. The van der Waals surface area contributed by atoms with E-state index >= 15 is 0 Å². The number of halogens is 5. The first kappa shape index (κ1) is 16.0. The number of anilines is 1. The number of nitrogens with one attached hydrogen (secondary N) is 1. The van der Waals surface area contributed by atoms with Crippen molar-refractivity contribution >= 4 is 5.69 Å². The van der Waals surface area contributed by atoms with Crippen molar-refractivity contribution in [3.8, 4) is 0 Å². The molecule has 0 spiro atoms. The van der Waals surface area contributed by atoms with Crippen molar-refractivity contribution in [3.63, 3.8) is 0 Å². The van der Waals surface area contributed by atoms with Gasteiger partial charge in [-0.05, 0) is 26.3 Å². The molecule has 1 aliphatic heterocycles. The average molecular weight is 308 g/mol. The lowest BCUT2D eigenvalue weighted by Gasteiger charge is -2.39. The highest BCUT2D eigenvalue weighted by Crippen LogP contribution is 2.33. The van der Waals surface area contributed by atoms with Gasteiger partial charge in [-0.15, -0.1) is 0 Å². The van der Waals surface area contributed by atoms with E-state index in [2.05, 4.69) is 5.32 Å². The van der Waals surface area contributed by atoms with Gasteiger partial charge >= 0.3 is 0 Å². The van der Waals surface area contributed by atoms with Crippen LogP contribution in [0, 0.1) is 29.1 Å². The van der Waals surface area contributed by atoms with Gasteiger partial charge in [0.15, 0.2) is 23.3 Å². The molecule has 1 heterocycles. The van der Waals surface area contributed by atoms with Crippen molar-refractivity contribution in [2.75, 3.05) is 18.0 Å². The van der Waals surface area contributed by atoms with Crippen LogP contribution in [0.5, 0.6) is 0 Å². The van der Waals surface area contributed by atoms with Gasteiger partial charge in [-0.25, -0.2) is 22.0 Å². The Morgan fingerprint density at radius 3 is 2.00 bits per heavy atom. The fourth-order valence-corrected chi connectivity index (χ4v) is 2.82. The Labute approximate surface area is 119 Å². The second kappa shape index (κ2) is 6.17. The molecule has 1 aromatic carbocycles. The van der Waals surface area contributed by atoms with Gasteiger partial charge in [0.05, 0.1) is 0 Å². The Morgan fingerprint density at radius 2 is 1.52 bits per heavy atom. The van der Waals surface area contributed by atoms with Gasteiger partial charge < -0.3 is 10.2 Å². The van der Waals surface area contributed by atoms with Crippen LogP contribution in [0.3, 0.4) is 0 Å². The summed E-state index contributed by atoms with van der Waals surface area (Å²) in [5.74, 6) is -9.45. The molecule has 2 rings (SSSR count). The van der Waals surface area contributed by atoms with Crippen molar-refractivity contribution in [1.82, 2.24) is 5.32 Å². The summed E-state index contributed by atoms with van der Waals surface area (Å²) in [5, 5.41) is 3.23. The normalized spacial score (nSPS) is 22.7. The molecule has 0 saturated carbocycles. The van der Waals surface area contributed by atoms with Crippen molar-refractivity contribution in [3.05, 3.63) is 29.1 Å². The quantitative estimate of drug-likeness (QED) is 0.523. The van der Waals surface area contributed by atoms with Gasteiger partial charge in [-0.1, -0.05) is 6.92 Å². The van der Waals surface area contributed by atoms with E-state index in [-0.39, 0.29) is 18.6 Å². The molecule has 2 atom stereocenters. The number of hydrogen-bond donors (Lipinski definition) is 1. The molecule has 0 amide bonds. The summed E-state index contributed by atoms with van der Waals surface area (Å²) in [7, 11) is 0. The largest absolute Gasteiger partial charge is 0.364 e. The van der Waals surface area contributed by atoms with Crippen LogP contribution in [0.4, 0.5) is 27.6 Å². The maximum absolute atomic E-state index is 13.8. The van der Waals surface area contributed by atoms with Gasteiger partial charge in [-0.2, -0.15) is 0 Å². The second-order valence-corrected chi connectivity index (χ2v) is 5.24. The molecule has 7 heteroatoms. The Bertz CT molecular complexity index is 506. The Hall–Kier alpha value is -1.37. The molecule has 1 aliphatic rings. The summed E-state index contributed by atoms with van der Waals surface area (Å²) in [6, 6.07) is -0.140. The maximum atomic E-state index is 13.8. The molecule has 0 aliphatic carbocycles. The first-order valence-electron chi connectivity index (χ1n) is 6.89. The molecular weight excluding hydrogens is 291 g/mol. The zero-order chi connectivity index (χ0) is 15.7. The standard InChI is InChI=1S/C14H17F5N2/c1-3-20-8-4-5-21(7(2)6-8)14-12(18)10(16)9(15)11(17)13(14)19/h7-8,20H,3-6H2,1-2H3. The number of piperidine rings is 1. The van der Waals surface area contributed by atoms with E-state index in [4.69, 9.17) is 0 Å². The molecule has 0 radical (unpaired) electrons. The van der Waals surface area contributed by atoms with Crippen molar-refractivity contribution in [2.45, 2.75) is 38.8 Å². The summed E-state index contributed by atoms with van der Waals surface area (Å²) < 4.78 is 67.3. The molecule has 2 nitrogen and oxygen atoms in total. The molecule has 0 aromatic heterocycles. The minimum atomic E-state index is -2.12. The van der Waals surface area contributed by atoms with Gasteiger partial charge in [0.25, 0.3) is 0 Å². The smallest absolute Gasteiger partial charge is 0.200 e. The number of benzene rings is 1. The monoisotopic (exact) mass is 308 g/mol. The fourth-order valence-electron chi connectivity index (χ4n) is 2.82. The zero-order valence-electron chi connectivity index (χ0n) is 11.8. The third-order valence-electron chi connectivity index (χ3n) is 3.84. The Balaban J connectivity index is 2.35. The SMILES string of the molecule is CCNC1CCN(c2c(F)c(F)c(F)c(F)c2F)C(C)C1. The summed E-state index contributed by atoms with van der Waals surface area (Å²) in [5.41, 5.74) is -0.825. The molecule has 118 valence electrons. The second-order valence-electron chi connectivity index (χ2n) is 5.24. The van der Waals surface area contributed by atoms with E-state index < -0.39 is 34.8 Å². The predicted octanol–water partition coefficient (Wildman–Crippen LogP) is 3.35. The highest BCUT2D eigenvalue weighted by atomic mass is 19.2. The molecule has 0 bridgehead atoms. The highest BCUT2D eigenvalue weighted by molar-refractivity contribution is 5.51. The van der Waals surface area contributed by atoms with Crippen LogP contribution < -0.4 is 10.2 Å². The lowest BCUT2D eigenvalue weighted by atomic mass is 9.97. The summed E-state index contributed by atoms with van der Waals surface area (Å²) >= 11 is 0. The molecule has 21 heavy (non-hydrogen) atoms. The van der Waals surface area contributed by atoms with E-state index in [1.54, 1.807) is 6.92 Å². The molecule has 1 fully saturated rings. The number of nitrogens with zero attached hydrogens (tertiary/aromatic N) is 1. The highest BCUT2D eigenvalue weighted by Gasteiger charge is 2.33. The zero-order valence-corrected chi connectivity index (χ0v) is 11.8. The molecule has 1 saturated heterocycles. The third-order valence-corrected chi connectivity index (χ3v) is 3.84. The van der Waals surface area contributed by atoms with Gasteiger partial charge in [0.2, 0.25) is 5.82 Å². The lowest BCUT2D eigenvalue weighted by Crippen LogP contribution is -2.48. The summed E-state index contributed by atoms with van der Waals surface area (Å²) in [6.45, 7) is 4.65. The van der Waals surface area contributed by atoms with E-state index in [1.807, 2.05) is 6.92 Å². The first-order chi connectivity index (χ1) is 9.88. The van der Waals surface area contributed by atoms with Crippen molar-refractivity contribution in [2.24, 2.45) is 0 Å². The molecule has 2 unspecified atom stereocenters. The van der Waals surface area contributed by atoms with Crippen molar-refractivity contribution < 1.29 is 22.0 Å². The average Bonchev–Trinajstić information content (AvgIpc) is 2.46. The van der Waals surface area contributed by atoms with Gasteiger partial charge in [-0.3, -0.25) is 0 Å². The first-order valence-corrected chi connectivity index (χ1v) is 6.89. The number of rotatable bonds is 3. The van der Waals surface area contributed by atoms with Crippen LogP contribution in [0.15, 0.2) is 0 Å². The van der Waals surface area contributed by atoms with Gasteiger partial charge in [0, 0.05) is 18.6 Å². The summed E-state index contributed by atoms with van der Waals surface area (Å²) in [6.07, 6.45) is 1.16. The van der Waals surface area contributed by atoms with Crippen LogP contribution in [-0.2, 0) is 0 Å². The van der Waals surface area contributed by atoms with Crippen LogP contribution in [-0.4, -0.2) is 25.2 Å². The van der Waals surface area contributed by atoms with E-state index in [0.29, 0.717) is 12.8 Å². The maximum Gasteiger partial charge on any atom is 0.200 e. The van der Waals surface area contributed by atoms with Crippen LogP contribution in [0.25, 0.3) is 0 Å². The minimum Gasteiger partial charge on any atom is -0.364 e. The van der Waals surface area contributed by atoms with E-state index in [0.717, 1.165) is 6.54 Å². The van der Waals surface area contributed by atoms with Crippen LogP contribution in [0.1, 0.15) is 26.7 Å². The van der Waals surface area contributed by atoms with Crippen LogP contribution >= 0.6 is 0 Å². The summed E-state index contributed by atoms with van der Waals surface area (Å²) in [4.78, 5) is 1.25. The fraction of sp³-hybridized carbons (Fsp3) is 0.571. The Morgan fingerprint density at radius 1 is 1.00 bits per heavy atom. The Kier molecular flexibility index (Phi) is 4.70. The topological polar surface area (TPSA) is 15.3 Å². The van der Waals surface area contributed by atoms with Crippen molar-refractivity contribution in [1.29, 1.82) is 0 Å². The van der Waals surface area contributed by atoms with E-state index in [9.17, 15) is 22.0 Å². The van der Waals surface area contributed by atoms with Gasteiger partial charge in [0.1, 0.15) is 5.69 Å². The third kappa shape index (κ3) is 2.84. The van der Waals surface area contributed by atoms with E-state index in [1.165, 1.54) is 4.90 Å². The molecule has 1 aromatic rings. The minimum absolute atomic E-state index is 0.183. The van der Waals surface area contributed by atoms with Crippen LogP contribution in [0.2, 0.25) is 0 Å².